The maximum Gasteiger partial charge on any atom is 0.119 e. The van der Waals surface area contributed by atoms with Gasteiger partial charge < -0.3 is 14.8 Å². The van der Waals surface area contributed by atoms with Gasteiger partial charge in [-0.2, -0.15) is 0 Å². The maximum atomic E-state index is 5.63. The Balaban J connectivity index is 1.51. The molecule has 1 fully saturated rings. The van der Waals surface area contributed by atoms with Gasteiger partial charge in [-0.15, -0.1) is 0 Å². The average Bonchev–Trinajstić information content (AvgIpc) is 2.41. The van der Waals surface area contributed by atoms with Crippen molar-refractivity contribution in [3.63, 3.8) is 0 Å². The number of rotatable bonds is 6. The van der Waals surface area contributed by atoms with Crippen LogP contribution in [0.15, 0.2) is 30.3 Å². The Morgan fingerprint density at radius 2 is 1.94 bits per heavy atom. The molecule has 94 valence electrons. The number of ether oxygens (including phenoxy) is 2. The molecule has 1 aliphatic heterocycles. The van der Waals surface area contributed by atoms with Crippen LogP contribution in [0, 0.1) is 0 Å². The molecule has 1 aromatic carbocycles. The van der Waals surface area contributed by atoms with Crippen molar-refractivity contribution in [3.8, 4) is 5.75 Å². The summed E-state index contributed by atoms with van der Waals surface area (Å²) >= 11 is 0. The fourth-order valence-electron chi connectivity index (χ4n) is 1.99. The third-order valence-corrected chi connectivity index (χ3v) is 2.99. The fourth-order valence-corrected chi connectivity index (χ4v) is 1.99. The molecule has 1 aliphatic rings. The Bertz CT molecular complexity index is 296. The number of hydrogen-bond acceptors (Lipinski definition) is 3. The van der Waals surface area contributed by atoms with Crippen LogP contribution in [0.4, 0.5) is 0 Å². The van der Waals surface area contributed by atoms with Crippen molar-refractivity contribution >= 4 is 0 Å². The van der Waals surface area contributed by atoms with Gasteiger partial charge in [-0.3, -0.25) is 0 Å². The Morgan fingerprint density at radius 3 is 2.71 bits per heavy atom. The number of nitrogens with one attached hydrogen (secondary N) is 1. The zero-order valence-corrected chi connectivity index (χ0v) is 10.2. The Kier molecular flexibility index (Phi) is 5.33. The van der Waals surface area contributed by atoms with Crippen molar-refractivity contribution in [1.29, 1.82) is 0 Å². The lowest BCUT2D eigenvalue weighted by Gasteiger charge is -2.23. The van der Waals surface area contributed by atoms with E-state index in [0.29, 0.717) is 6.04 Å². The van der Waals surface area contributed by atoms with Crippen molar-refractivity contribution in [3.05, 3.63) is 30.3 Å². The molecule has 1 N–H and O–H groups in total. The van der Waals surface area contributed by atoms with Crippen molar-refractivity contribution < 1.29 is 9.47 Å². The van der Waals surface area contributed by atoms with Gasteiger partial charge in [-0.25, -0.2) is 0 Å². The van der Waals surface area contributed by atoms with Gasteiger partial charge in [0.2, 0.25) is 0 Å². The summed E-state index contributed by atoms with van der Waals surface area (Å²) in [6, 6.07) is 10.6. The summed E-state index contributed by atoms with van der Waals surface area (Å²) in [5, 5.41) is 3.55. The van der Waals surface area contributed by atoms with E-state index in [0.717, 1.165) is 51.4 Å². The second-order valence-corrected chi connectivity index (χ2v) is 4.36. The molecule has 0 saturated carbocycles. The van der Waals surface area contributed by atoms with E-state index in [1.807, 2.05) is 30.3 Å². The van der Waals surface area contributed by atoms with E-state index in [1.165, 1.54) is 0 Å². The first kappa shape index (κ1) is 12.4. The predicted molar refractivity (Wildman–Crippen MR) is 68.4 cm³/mol. The molecule has 0 unspecified atom stereocenters. The molecule has 3 heteroatoms. The number of para-hydroxylation sites is 1. The summed E-state index contributed by atoms with van der Waals surface area (Å²) in [5.74, 6) is 0.957. The first-order valence-corrected chi connectivity index (χ1v) is 6.44. The molecule has 1 saturated heterocycles. The third kappa shape index (κ3) is 4.75. The van der Waals surface area contributed by atoms with Gasteiger partial charge in [-0.05, 0) is 37.9 Å². The monoisotopic (exact) mass is 235 g/mol. The van der Waals surface area contributed by atoms with Crippen LogP contribution in [-0.2, 0) is 4.74 Å². The highest BCUT2D eigenvalue weighted by Crippen LogP contribution is 2.08. The maximum absolute atomic E-state index is 5.63. The first-order valence-electron chi connectivity index (χ1n) is 6.44. The summed E-state index contributed by atoms with van der Waals surface area (Å²) in [7, 11) is 0. The lowest BCUT2D eigenvalue weighted by Crippen LogP contribution is -2.35. The van der Waals surface area contributed by atoms with E-state index in [1.54, 1.807) is 0 Å². The molecule has 17 heavy (non-hydrogen) atoms. The molecule has 1 aromatic rings. The molecule has 0 radical (unpaired) electrons. The van der Waals surface area contributed by atoms with Crippen molar-refractivity contribution in [2.24, 2.45) is 0 Å². The Morgan fingerprint density at radius 1 is 1.18 bits per heavy atom. The van der Waals surface area contributed by atoms with Crippen molar-refractivity contribution in [1.82, 2.24) is 5.32 Å². The molecule has 0 aromatic heterocycles. The Hall–Kier alpha value is -1.06. The molecule has 0 amide bonds. The third-order valence-electron chi connectivity index (χ3n) is 2.99. The van der Waals surface area contributed by atoms with Crippen LogP contribution >= 0.6 is 0 Å². The van der Waals surface area contributed by atoms with E-state index < -0.39 is 0 Å². The number of benzene rings is 1. The van der Waals surface area contributed by atoms with E-state index in [4.69, 9.17) is 9.47 Å². The lowest BCUT2D eigenvalue weighted by molar-refractivity contribution is 0.0777. The average molecular weight is 235 g/mol. The minimum absolute atomic E-state index is 0.639. The van der Waals surface area contributed by atoms with E-state index >= 15 is 0 Å². The van der Waals surface area contributed by atoms with Crippen LogP contribution in [0.5, 0.6) is 5.75 Å². The van der Waals surface area contributed by atoms with Crippen LogP contribution in [0.2, 0.25) is 0 Å². The highest BCUT2D eigenvalue weighted by molar-refractivity contribution is 5.20. The van der Waals surface area contributed by atoms with Crippen LogP contribution < -0.4 is 10.1 Å². The summed E-state index contributed by atoms with van der Waals surface area (Å²) in [5.41, 5.74) is 0. The van der Waals surface area contributed by atoms with Crippen LogP contribution in [0.1, 0.15) is 19.3 Å². The summed E-state index contributed by atoms with van der Waals surface area (Å²) < 4.78 is 11.0. The SMILES string of the molecule is c1ccc(OCCCNC2CCOCC2)cc1. The highest BCUT2D eigenvalue weighted by atomic mass is 16.5. The first-order chi connectivity index (χ1) is 8.45. The van der Waals surface area contributed by atoms with Gasteiger partial charge >= 0.3 is 0 Å². The van der Waals surface area contributed by atoms with Crippen molar-refractivity contribution in [2.75, 3.05) is 26.4 Å². The lowest BCUT2D eigenvalue weighted by atomic mass is 10.1. The van der Waals surface area contributed by atoms with Gasteiger partial charge in [0.25, 0.3) is 0 Å². The van der Waals surface area contributed by atoms with Gasteiger partial charge in [0, 0.05) is 19.3 Å². The summed E-state index contributed by atoms with van der Waals surface area (Å²) in [6.07, 6.45) is 3.32. The predicted octanol–water partition coefficient (Wildman–Crippen LogP) is 2.22. The molecule has 1 heterocycles. The quantitative estimate of drug-likeness (QED) is 0.767. The van der Waals surface area contributed by atoms with Gasteiger partial charge in [-0.1, -0.05) is 18.2 Å². The fraction of sp³-hybridized carbons (Fsp3) is 0.571. The molecule has 0 bridgehead atoms. The molecular weight excluding hydrogens is 214 g/mol. The van der Waals surface area contributed by atoms with Crippen LogP contribution in [0.3, 0.4) is 0 Å². The standard InChI is InChI=1S/C14H21NO2/c1-2-5-14(6-3-1)17-10-4-9-15-13-7-11-16-12-8-13/h1-3,5-6,13,15H,4,7-12H2. The molecule has 0 atom stereocenters. The second-order valence-electron chi connectivity index (χ2n) is 4.36. The topological polar surface area (TPSA) is 30.5 Å². The van der Waals surface area contributed by atoms with E-state index in [2.05, 4.69) is 5.32 Å². The largest absolute Gasteiger partial charge is 0.494 e. The molecular formula is C14H21NO2. The Labute approximate surface area is 103 Å². The number of hydrogen-bond donors (Lipinski definition) is 1. The smallest absolute Gasteiger partial charge is 0.119 e. The van der Waals surface area contributed by atoms with E-state index in [9.17, 15) is 0 Å². The zero-order valence-electron chi connectivity index (χ0n) is 10.2. The van der Waals surface area contributed by atoms with Gasteiger partial charge in [0.1, 0.15) is 5.75 Å². The summed E-state index contributed by atoms with van der Waals surface area (Å²) in [4.78, 5) is 0. The minimum Gasteiger partial charge on any atom is -0.494 e. The molecule has 3 nitrogen and oxygen atoms in total. The molecule has 2 rings (SSSR count). The highest BCUT2D eigenvalue weighted by Gasteiger charge is 2.11. The summed E-state index contributed by atoms with van der Waals surface area (Å²) in [6.45, 7) is 3.61. The molecule has 0 aliphatic carbocycles. The van der Waals surface area contributed by atoms with Gasteiger partial charge in [0.05, 0.1) is 6.61 Å². The van der Waals surface area contributed by atoms with Crippen molar-refractivity contribution in [2.45, 2.75) is 25.3 Å². The normalized spacial score (nSPS) is 16.9. The second kappa shape index (κ2) is 7.30. The van der Waals surface area contributed by atoms with E-state index in [-0.39, 0.29) is 0 Å². The zero-order chi connectivity index (χ0) is 11.8. The van der Waals surface area contributed by atoms with Gasteiger partial charge in [0.15, 0.2) is 0 Å². The van der Waals surface area contributed by atoms with Crippen LogP contribution in [0.25, 0.3) is 0 Å². The van der Waals surface area contributed by atoms with Crippen LogP contribution in [-0.4, -0.2) is 32.4 Å². The minimum atomic E-state index is 0.639. The molecule has 0 spiro atoms.